The van der Waals surface area contributed by atoms with Crippen molar-refractivity contribution >= 4 is 44.6 Å². The van der Waals surface area contributed by atoms with E-state index in [1.807, 2.05) is 13.8 Å². The molecule has 2 fully saturated rings. The van der Waals surface area contributed by atoms with Crippen molar-refractivity contribution in [3.8, 4) is 5.75 Å². The Morgan fingerprint density at radius 1 is 1.07 bits per heavy atom. The van der Waals surface area contributed by atoms with Crippen LogP contribution in [-0.2, 0) is 9.84 Å². The third-order valence-electron chi connectivity index (χ3n) is 8.37. The van der Waals surface area contributed by atoms with Gasteiger partial charge in [0.05, 0.1) is 33.8 Å². The topological polar surface area (TPSA) is 108 Å². The molecule has 11 heteroatoms. The fourth-order valence-electron chi connectivity index (χ4n) is 5.96. The minimum absolute atomic E-state index is 0.0606. The molecule has 44 heavy (non-hydrogen) atoms. The Labute approximate surface area is 268 Å². The van der Waals surface area contributed by atoms with Crippen molar-refractivity contribution in [2.24, 2.45) is 0 Å². The molecule has 9 nitrogen and oxygen atoms in total. The Hall–Kier alpha value is -2.92. The first-order valence-corrected chi connectivity index (χ1v) is 17.5. The lowest BCUT2D eigenvalue weighted by atomic mass is 9.85. The average Bonchev–Trinajstić information content (AvgIpc) is 3.00. The van der Waals surface area contributed by atoms with E-state index in [2.05, 4.69) is 49.9 Å². The van der Waals surface area contributed by atoms with E-state index in [9.17, 15) is 8.42 Å². The molecule has 0 bridgehead atoms. The van der Waals surface area contributed by atoms with Crippen molar-refractivity contribution in [1.82, 2.24) is 20.2 Å². The largest absolute Gasteiger partial charge is 0.489 e. The number of piperidine rings is 2. The highest BCUT2D eigenvalue weighted by Crippen LogP contribution is 2.39. The zero-order valence-corrected chi connectivity index (χ0v) is 27.8. The van der Waals surface area contributed by atoms with E-state index in [0.717, 1.165) is 56.6 Å². The molecule has 3 heterocycles. The summed E-state index contributed by atoms with van der Waals surface area (Å²) in [5.41, 5.74) is 3.43. The molecule has 0 aliphatic carbocycles. The van der Waals surface area contributed by atoms with Crippen molar-refractivity contribution in [2.45, 2.75) is 88.5 Å². The molecule has 0 radical (unpaired) electrons. The minimum atomic E-state index is -3.55. The number of ether oxygens (including phenoxy) is 1. The second-order valence-electron chi connectivity index (χ2n) is 12.2. The monoisotopic (exact) mass is 641 g/mol. The van der Waals surface area contributed by atoms with Crippen LogP contribution >= 0.6 is 11.6 Å². The summed E-state index contributed by atoms with van der Waals surface area (Å²) in [6.45, 7) is 12.2. The molecule has 2 unspecified atom stereocenters. The van der Waals surface area contributed by atoms with Gasteiger partial charge in [-0.3, -0.25) is 0 Å². The quantitative estimate of drug-likeness (QED) is 0.220. The summed E-state index contributed by atoms with van der Waals surface area (Å²) < 4.78 is 41.2. The van der Waals surface area contributed by atoms with Crippen molar-refractivity contribution in [2.75, 3.05) is 36.8 Å². The third kappa shape index (κ3) is 7.47. The summed E-state index contributed by atoms with van der Waals surface area (Å²) in [5, 5.41) is 9.52. The zero-order valence-electron chi connectivity index (χ0n) is 27.2. The number of rotatable bonds is 10. The number of hydrogen-bond donors (Lipinski definition) is 3. The van der Waals surface area contributed by atoms with Crippen LogP contribution in [0, 0.1) is 6.92 Å². The molecular formula is C33H45ClN6O3S. The van der Waals surface area contributed by atoms with Gasteiger partial charge in [-0.15, -0.1) is 0 Å². The van der Waals surface area contributed by atoms with Crippen LogP contribution in [0.2, 0.25) is 5.02 Å². The molecule has 5 rings (SSSR count). The number of para-hydroxylation sites is 1. The van der Waals surface area contributed by atoms with E-state index >= 15 is 0 Å². The van der Waals surface area contributed by atoms with E-state index < -0.39 is 15.1 Å². The minimum Gasteiger partial charge on any atom is -0.489 e. The molecule has 0 saturated carbocycles. The van der Waals surface area contributed by atoms with E-state index in [-0.39, 0.29) is 40.2 Å². The second-order valence-corrected chi connectivity index (χ2v) is 15.1. The maximum absolute atomic E-state index is 13.0. The van der Waals surface area contributed by atoms with Crippen molar-refractivity contribution in [3.63, 3.8) is 0 Å². The van der Waals surface area contributed by atoms with Gasteiger partial charge in [0.2, 0.25) is 5.95 Å². The van der Waals surface area contributed by atoms with Crippen molar-refractivity contribution in [1.29, 1.82) is 0 Å². The van der Waals surface area contributed by atoms with E-state index in [1.165, 1.54) is 11.8 Å². The van der Waals surface area contributed by atoms with Gasteiger partial charge in [-0.25, -0.2) is 13.4 Å². The van der Waals surface area contributed by atoms with Gasteiger partial charge in [-0.1, -0.05) is 23.7 Å². The first-order valence-electron chi connectivity index (χ1n) is 16.1. The third-order valence-corrected chi connectivity index (χ3v) is 10.9. The number of halogens is 1. The highest BCUT2D eigenvalue weighted by Gasteiger charge is 2.28. The Morgan fingerprint density at radius 3 is 2.52 bits per heavy atom. The molecule has 3 N–H and O–H groups in total. The molecule has 2 aromatic carbocycles. The zero-order chi connectivity index (χ0) is 32.3. The molecule has 0 spiro atoms. The van der Waals surface area contributed by atoms with Crippen LogP contribution in [0.25, 0.3) is 0 Å². The number of aromatic nitrogens is 2. The molecule has 2 aliphatic rings. The van der Waals surface area contributed by atoms with Gasteiger partial charge in [0.15, 0.2) is 15.7 Å². The summed E-state index contributed by atoms with van der Waals surface area (Å²) in [4.78, 5) is 11.6. The smallest absolute Gasteiger partial charge is 0.229 e. The highest BCUT2D eigenvalue weighted by atomic mass is 35.5. The van der Waals surface area contributed by atoms with Crippen LogP contribution in [0.4, 0.5) is 23.1 Å². The normalized spacial score (nSPS) is 20.5. The number of nitrogens with zero attached hydrogens (tertiary/aromatic N) is 3. The first kappa shape index (κ1) is 31.1. The molecule has 238 valence electrons. The molecule has 2 atom stereocenters. The number of nitrogens with one attached hydrogen (secondary N) is 3. The molecular weight excluding hydrogens is 596 g/mol. The second kappa shape index (κ2) is 14.0. The van der Waals surface area contributed by atoms with Gasteiger partial charge >= 0.3 is 0 Å². The summed E-state index contributed by atoms with van der Waals surface area (Å²) in [6, 6.07) is 11.4. The van der Waals surface area contributed by atoms with Gasteiger partial charge in [0, 0.05) is 7.41 Å². The number of hydrogen-bond acceptors (Lipinski definition) is 9. The number of aryl methyl sites for hydroxylation is 1. The predicted octanol–water partition coefficient (Wildman–Crippen LogP) is 6.83. The maximum atomic E-state index is 13.0. The maximum Gasteiger partial charge on any atom is 0.229 e. The molecule has 3 aromatic rings. The molecule has 1 aromatic heterocycles. The lowest BCUT2D eigenvalue weighted by Crippen LogP contribution is -2.46. The van der Waals surface area contributed by atoms with E-state index in [0.29, 0.717) is 17.5 Å². The SMILES string of the molecule is [2H]C1CC(c2cc(OC(C)C)c(Nc3ncc(Cl)c(Nc4ccccc4S(=O)(=O)C(C)C)n3)cc2C)CCN1C1CCNCC1. The van der Waals surface area contributed by atoms with Crippen molar-refractivity contribution < 1.29 is 14.5 Å². The molecule has 0 amide bonds. The average molecular weight is 642 g/mol. The van der Waals surface area contributed by atoms with Crippen LogP contribution < -0.4 is 20.7 Å². The van der Waals surface area contributed by atoms with Crippen LogP contribution in [0.5, 0.6) is 5.75 Å². The molecule has 2 aliphatic heterocycles. The van der Waals surface area contributed by atoms with Gasteiger partial charge in [0.25, 0.3) is 0 Å². The van der Waals surface area contributed by atoms with Gasteiger partial charge in [0.1, 0.15) is 10.8 Å². The first-order chi connectivity index (χ1) is 21.4. The Morgan fingerprint density at radius 2 is 1.82 bits per heavy atom. The van der Waals surface area contributed by atoms with Crippen LogP contribution in [0.15, 0.2) is 47.5 Å². The summed E-state index contributed by atoms with van der Waals surface area (Å²) in [7, 11) is -3.55. The number of likely N-dealkylation sites (tertiary alicyclic amines) is 1. The Bertz CT molecular complexity index is 1600. The lowest BCUT2D eigenvalue weighted by molar-refractivity contribution is 0.126. The molecule has 2 saturated heterocycles. The summed E-state index contributed by atoms with van der Waals surface area (Å²) >= 11 is 6.47. The number of anilines is 4. The van der Waals surface area contributed by atoms with Crippen LogP contribution in [-0.4, -0.2) is 66.8 Å². The Balaban J connectivity index is 1.39. The predicted molar refractivity (Wildman–Crippen MR) is 179 cm³/mol. The van der Waals surface area contributed by atoms with E-state index in [4.69, 9.17) is 17.7 Å². The Kier molecular flexibility index (Phi) is 9.90. The number of benzene rings is 2. The van der Waals surface area contributed by atoms with Gasteiger partial charge in [-0.05, 0) is 128 Å². The van der Waals surface area contributed by atoms with E-state index in [1.54, 1.807) is 38.1 Å². The van der Waals surface area contributed by atoms with Gasteiger partial charge < -0.3 is 25.6 Å². The van der Waals surface area contributed by atoms with Crippen LogP contribution in [0.3, 0.4) is 0 Å². The highest BCUT2D eigenvalue weighted by molar-refractivity contribution is 7.92. The van der Waals surface area contributed by atoms with Gasteiger partial charge in [-0.2, -0.15) is 4.98 Å². The summed E-state index contributed by atoms with van der Waals surface area (Å²) in [6.07, 6.45) is 5.45. The summed E-state index contributed by atoms with van der Waals surface area (Å²) in [5.74, 6) is 1.53. The lowest BCUT2D eigenvalue weighted by Gasteiger charge is -2.40. The fourth-order valence-corrected chi connectivity index (χ4v) is 7.30. The standard InChI is InChI=1S/C33H45ClN6O3S/c1-21(2)43-30-19-26(24-12-16-40(17-13-24)25-10-14-35-15-11-25)23(5)18-29(30)38-33-36-20-27(34)32(39-33)37-28-8-6-7-9-31(28)44(41,42)22(3)4/h6-9,18-22,24-25,35H,10-17H2,1-5H3,(H2,36,37,38,39)/i16D. The van der Waals surface area contributed by atoms with Crippen LogP contribution in [0.1, 0.15) is 71.8 Å². The number of sulfone groups is 1. The fraction of sp³-hybridized carbons (Fsp3) is 0.515. The van der Waals surface area contributed by atoms with Crippen molar-refractivity contribution in [3.05, 3.63) is 58.7 Å².